The molecule has 2 aliphatic rings. The largest absolute Gasteiger partial charge is 0.341 e. The summed E-state index contributed by atoms with van der Waals surface area (Å²) >= 11 is 1.82. The molecule has 0 radical (unpaired) electrons. The van der Waals surface area contributed by atoms with Gasteiger partial charge in [0.15, 0.2) is 0 Å². The summed E-state index contributed by atoms with van der Waals surface area (Å²) in [6.07, 6.45) is 3.96. The topological polar surface area (TPSA) is 41.0 Å². The van der Waals surface area contributed by atoms with Crippen LogP contribution in [0.15, 0.2) is 47.2 Å². The van der Waals surface area contributed by atoms with E-state index in [9.17, 15) is 0 Å². The van der Waals surface area contributed by atoms with Gasteiger partial charge in [0.25, 0.3) is 0 Å². The molecule has 3 heterocycles. The third-order valence-electron chi connectivity index (χ3n) is 5.74. The first kappa shape index (κ1) is 17.6. The van der Waals surface area contributed by atoms with Gasteiger partial charge in [0.05, 0.1) is 16.8 Å². The van der Waals surface area contributed by atoms with E-state index >= 15 is 0 Å². The number of aromatic amines is 1. The van der Waals surface area contributed by atoms with E-state index in [0.29, 0.717) is 11.8 Å². The van der Waals surface area contributed by atoms with Crippen molar-refractivity contribution < 1.29 is 0 Å². The lowest BCUT2D eigenvalue weighted by atomic mass is 9.96. The van der Waals surface area contributed by atoms with Crippen LogP contribution >= 0.6 is 11.3 Å². The Morgan fingerprint density at radius 1 is 0.964 bits per heavy atom. The Morgan fingerprint density at radius 3 is 2.54 bits per heavy atom. The number of fused-ring (bicyclic) bond motifs is 2. The van der Waals surface area contributed by atoms with Gasteiger partial charge in [-0.2, -0.15) is 0 Å². The summed E-state index contributed by atoms with van der Waals surface area (Å²) in [5, 5.41) is 0. The molecular weight excluding hydrogens is 362 g/mol. The second-order valence-corrected chi connectivity index (χ2v) is 9.49. The van der Waals surface area contributed by atoms with E-state index in [1.54, 1.807) is 0 Å². The molecule has 1 N–H and O–H groups in total. The van der Waals surface area contributed by atoms with Crippen molar-refractivity contribution in [2.24, 2.45) is 10.9 Å². The van der Waals surface area contributed by atoms with Crippen LogP contribution in [0.5, 0.6) is 0 Å². The van der Waals surface area contributed by atoms with Gasteiger partial charge in [0.1, 0.15) is 5.82 Å². The number of hydrogen-bond donors (Lipinski definition) is 1. The molecule has 0 amide bonds. The molecule has 1 aliphatic heterocycles. The Bertz CT molecular complexity index is 1120. The van der Waals surface area contributed by atoms with Gasteiger partial charge in [-0.1, -0.05) is 39.8 Å². The SMILES string of the molecule is CC(C)C1=NC2=C(C1)c1ccc(-c3ccc(-c4cnc(C(C)C)[nH]4)s3)cc1C2. The van der Waals surface area contributed by atoms with Crippen LogP contribution in [0.25, 0.3) is 26.6 Å². The van der Waals surface area contributed by atoms with E-state index in [1.807, 2.05) is 17.5 Å². The molecule has 0 bridgehead atoms. The quantitative estimate of drug-likeness (QED) is 0.532. The first-order valence-corrected chi connectivity index (χ1v) is 10.9. The molecule has 1 aromatic carbocycles. The van der Waals surface area contributed by atoms with Gasteiger partial charge in [0, 0.05) is 35.0 Å². The summed E-state index contributed by atoms with van der Waals surface area (Å²) in [5.41, 5.74) is 9.32. The van der Waals surface area contributed by atoms with E-state index in [0.717, 1.165) is 24.4 Å². The highest BCUT2D eigenvalue weighted by molar-refractivity contribution is 7.18. The maximum absolute atomic E-state index is 4.91. The number of aromatic nitrogens is 2. The van der Waals surface area contributed by atoms with Gasteiger partial charge in [0.2, 0.25) is 0 Å². The number of thiophene rings is 1. The Balaban J connectivity index is 1.41. The number of H-pyrrole nitrogens is 1. The standard InChI is InChI=1S/C24H25N3S/c1-13(2)19-11-18-17-6-5-15(9-16(17)10-20(18)26-19)22-7-8-23(28-22)21-12-25-24(27-21)14(3)4/h5-9,12-14H,10-11H2,1-4H3,(H,25,27). The molecule has 3 aromatic rings. The van der Waals surface area contributed by atoms with Gasteiger partial charge in [-0.3, -0.25) is 4.99 Å². The van der Waals surface area contributed by atoms with E-state index < -0.39 is 0 Å². The number of nitrogens with zero attached hydrogens (tertiary/aromatic N) is 2. The molecule has 0 unspecified atom stereocenters. The Kier molecular flexibility index (Phi) is 4.13. The smallest absolute Gasteiger partial charge is 0.109 e. The Hall–Kier alpha value is -2.46. The molecule has 0 fully saturated rings. The van der Waals surface area contributed by atoms with Gasteiger partial charge < -0.3 is 4.98 Å². The van der Waals surface area contributed by atoms with Crippen LogP contribution in [-0.2, 0) is 6.42 Å². The zero-order valence-electron chi connectivity index (χ0n) is 16.8. The van der Waals surface area contributed by atoms with Crippen LogP contribution in [0.1, 0.15) is 57.0 Å². The van der Waals surface area contributed by atoms with Gasteiger partial charge in [-0.15, -0.1) is 11.3 Å². The minimum Gasteiger partial charge on any atom is -0.341 e. The number of rotatable bonds is 4. The summed E-state index contributed by atoms with van der Waals surface area (Å²) < 4.78 is 0. The van der Waals surface area contributed by atoms with Crippen LogP contribution in [0.2, 0.25) is 0 Å². The number of allylic oxidation sites excluding steroid dienone is 2. The van der Waals surface area contributed by atoms with Crippen molar-refractivity contribution in [2.45, 2.75) is 46.5 Å². The molecule has 5 rings (SSSR count). The third kappa shape index (κ3) is 2.87. The number of hydrogen-bond acceptors (Lipinski definition) is 3. The highest BCUT2D eigenvalue weighted by atomic mass is 32.1. The van der Waals surface area contributed by atoms with Gasteiger partial charge in [-0.05, 0) is 46.4 Å². The second-order valence-electron chi connectivity index (χ2n) is 8.41. The van der Waals surface area contributed by atoms with Crippen molar-refractivity contribution in [3.05, 3.63) is 59.2 Å². The van der Waals surface area contributed by atoms with Crippen LogP contribution in [0, 0.1) is 5.92 Å². The van der Waals surface area contributed by atoms with Crippen molar-refractivity contribution in [1.82, 2.24) is 9.97 Å². The van der Waals surface area contributed by atoms with Crippen molar-refractivity contribution in [3.63, 3.8) is 0 Å². The summed E-state index contributed by atoms with van der Waals surface area (Å²) in [4.78, 5) is 15.4. The van der Waals surface area contributed by atoms with E-state index in [4.69, 9.17) is 4.99 Å². The van der Waals surface area contributed by atoms with Crippen LogP contribution in [-0.4, -0.2) is 15.7 Å². The van der Waals surface area contributed by atoms with Crippen molar-refractivity contribution >= 4 is 22.6 Å². The van der Waals surface area contributed by atoms with Crippen molar-refractivity contribution in [2.75, 3.05) is 0 Å². The highest BCUT2D eigenvalue weighted by Gasteiger charge is 2.28. The average Bonchev–Trinajstić information content (AvgIpc) is 3.41. The molecule has 0 spiro atoms. The van der Waals surface area contributed by atoms with Crippen LogP contribution < -0.4 is 0 Å². The Morgan fingerprint density at radius 2 is 1.79 bits per heavy atom. The lowest BCUT2D eigenvalue weighted by Crippen LogP contribution is -2.05. The molecule has 28 heavy (non-hydrogen) atoms. The lowest BCUT2D eigenvalue weighted by Gasteiger charge is -2.09. The number of aliphatic imine (C=N–C) groups is 1. The first-order valence-electron chi connectivity index (χ1n) is 10.1. The minimum absolute atomic E-state index is 0.415. The zero-order chi connectivity index (χ0) is 19.4. The molecule has 142 valence electrons. The average molecular weight is 388 g/mol. The fraction of sp³-hybridized carbons (Fsp3) is 0.333. The van der Waals surface area contributed by atoms with Gasteiger partial charge in [-0.25, -0.2) is 4.98 Å². The number of imidazole rings is 1. The molecule has 4 heteroatoms. The predicted octanol–water partition coefficient (Wildman–Crippen LogP) is 6.70. The normalized spacial score (nSPS) is 15.6. The van der Waals surface area contributed by atoms with Crippen LogP contribution in [0.3, 0.4) is 0 Å². The first-order chi connectivity index (χ1) is 13.5. The number of benzene rings is 1. The van der Waals surface area contributed by atoms with E-state index in [2.05, 4.69) is 68.0 Å². The summed E-state index contributed by atoms with van der Waals surface area (Å²) in [7, 11) is 0. The maximum atomic E-state index is 4.91. The molecule has 3 nitrogen and oxygen atoms in total. The molecule has 1 aliphatic carbocycles. The monoisotopic (exact) mass is 387 g/mol. The summed E-state index contributed by atoms with van der Waals surface area (Å²) in [6, 6.07) is 11.4. The zero-order valence-corrected chi connectivity index (χ0v) is 17.7. The highest BCUT2D eigenvalue weighted by Crippen LogP contribution is 2.43. The number of nitrogens with one attached hydrogen (secondary N) is 1. The van der Waals surface area contributed by atoms with Crippen molar-refractivity contribution in [1.29, 1.82) is 0 Å². The fourth-order valence-corrected chi connectivity index (χ4v) is 5.02. The van der Waals surface area contributed by atoms with Crippen molar-refractivity contribution in [3.8, 4) is 21.0 Å². The lowest BCUT2D eigenvalue weighted by molar-refractivity contribution is 0.795. The predicted molar refractivity (Wildman–Crippen MR) is 119 cm³/mol. The molecule has 0 saturated heterocycles. The van der Waals surface area contributed by atoms with E-state index in [-0.39, 0.29) is 0 Å². The second kappa shape index (κ2) is 6.56. The molecule has 0 saturated carbocycles. The van der Waals surface area contributed by atoms with E-state index in [1.165, 1.54) is 43.4 Å². The minimum atomic E-state index is 0.415. The van der Waals surface area contributed by atoms with Gasteiger partial charge >= 0.3 is 0 Å². The maximum Gasteiger partial charge on any atom is 0.109 e. The molecule has 2 aromatic heterocycles. The summed E-state index contributed by atoms with van der Waals surface area (Å²) in [5.74, 6) is 2.00. The van der Waals surface area contributed by atoms with Crippen LogP contribution in [0.4, 0.5) is 0 Å². The third-order valence-corrected chi connectivity index (χ3v) is 6.91. The Labute approximate surface area is 170 Å². The molecular formula is C24H25N3S. The fourth-order valence-electron chi connectivity index (χ4n) is 4.05. The molecule has 0 atom stereocenters. The summed E-state index contributed by atoms with van der Waals surface area (Å²) in [6.45, 7) is 8.80.